The van der Waals surface area contributed by atoms with Crippen molar-refractivity contribution in [2.45, 2.75) is 53.2 Å². The number of carbonyl (C=O) groups excluding carboxylic acids is 2. The Hall–Kier alpha value is -1.79. The summed E-state index contributed by atoms with van der Waals surface area (Å²) in [6.45, 7) is 7.25. The summed E-state index contributed by atoms with van der Waals surface area (Å²) >= 11 is 0. The van der Waals surface area contributed by atoms with E-state index in [0.717, 1.165) is 0 Å². The molecule has 21 heavy (non-hydrogen) atoms. The van der Waals surface area contributed by atoms with E-state index in [2.05, 4.69) is 5.32 Å². The second-order valence-electron chi connectivity index (χ2n) is 5.29. The monoisotopic (exact) mass is 303 g/mol. The lowest BCUT2D eigenvalue weighted by Gasteiger charge is -2.19. The van der Waals surface area contributed by atoms with E-state index in [1.807, 2.05) is 13.8 Å². The average Bonchev–Trinajstić information content (AvgIpc) is 2.34. The highest BCUT2D eigenvalue weighted by Gasteiger charge is 2.18. The topological polar surface area (TPSA) is 102 Å². The molecule has 0 spiro atoms. The molecular weight excluding hydrogens is 278 g/mol. The minimum Gasteiger partial charge on any atom is -0.481 e. The number of rotatable bonds is 9. The molecule has 0 saturated heterocycles. The van der Waals surface area contributed by atoms with Crippen molar-refractivity contribution in [2.75, 3.05) is 6.54 Å². The van der Waals surface area contributed by atoms with Gasteiger partial charge in [-0.1, -0.05) is 20.8 Å². The smallest absolute Gasteiger partial charge is 0.410 e. The molecule has 0 fully saturated rings. The number of ether oxygens (including phenoxy) is 2. The minimum absolute atomic E-state index is 0.0150. The maximum Gasteiger partial charge on any atom is 0.410 e. The molecule has 2 unspecified atom stereocenters. The third-order valence-corrected chi connectivity index (χ3v) is 2.66. The van der Waals surface area contributed by atoms with Crippen LogP contribution in [-0.4, -0.2) is 36.0 Å². The van der Waals surface area contributed by atoms with E-state index in [-0.39, 0.29) is 25.3 Å². The Bertz CT molecular complexity index is 355. The average molecular weight is 303 g/mol. The highest BCUT2D eigenvalue weighted by Crippen LogP contribution is 2.14. The highest BCUT2D eigenvalue weighted by atomic mass is 16.7. The van der Waals surface area contributed by atoms with Gasteiger partial charge in [-0.05, 0) is 18.3 Å². The number of hydrogen-bond acceptors (Lipinski definition) is 5. The second kappa shape index (κ2) is 10.0. The predicted octanol–water partition coefficient (Wildman–Crippen LogP) is 2.15. The van der Waals surface area contributed by atoms with Crippen molar-refractivity contribution in [3.63, 3.8) is 0 Å². The van der Waals surface area contributed by atoms with Crippen LogP contribution in [-0.2, 0) is 19.1 Å². The fourth-order valence-corrected chi connectivity index (χ4v) is 1.87. The van der Waals surface area contributed by atoms with Crippen molar-refractivity contribution < 1.29 is 29.0 Å². The molecule has 0 bridgehead atoms. The summed E-state index contributed by atoms with van der Waals surface area (Å²) in [5.74, 6) is -1.19. The fourth-order valence-electron chi connectivity index (χ4n) is 1.87. The summed E-state index contributed by atoms with van der Waals surface area (Å²) in [6.07, 6.45) is -0.832. The van der Waals surface area contributed by atoms with Gasteiger partial charge >= 0.3 is 18.0 Å². The van der Waals surface area contributed by atoms with E-state index < -0.39 is 24.3 Å². The highest BCUT2D eigenvalue weighted by molar-refractivity contribution is 5.70. The quantitative estimate of drug-likeness (QED) is 0.500. The molecule has 0 aliphatic carbocycles. The van der Waals surface area contributed by atoms with Crippen LogP contribution >= 0.6 is 0 Å². The minimum atomic E-state index is -0.972. The molecule has 0 heterocycles. The summed E-state index contributed by atoms with van der Waals surface area (Å²) in [4.78, 5) is 33.3. The van der Waals surface area contributed by atoms with E-state index in [1.54, 1.807) is 6.92 Å². The Morgan fingerprint density at radius 1 is 1.14 bits per heavy atom. The number of esters is 1. The molecule has 1 amide bonds. The van der Waals surface area contributed by atoms with Crippen molar-refractivity contribution in [3.8, 4) is 0 Å². The van der Waals surface area contributed by atoms with Gasteiger partial charge < -0.3 is 19.9 Å². The van der Waals surface area contributed by atoms with Gasteiger partial charge in [0.25, 0.3) is 0 Å². The van der Waals surface area contributed by atoms with E-state index in [4.69, 9.17) is 14.6 Å². The van der Waals surface area contributed by atoms with Crippen LogP contribution in [0.5, 0.6) is 0 Å². The number of nitrogens with one attached hydrogen (secondary N) is 1. The van der Waals surface area contributed by atoms with Gasteiger partial charge in [-0.2, -0.15) is 0 Å². The largest absolute Gasteiger partial charge is 0.481 e. The van der Waals surface area contributed by atoms with Crippen molar-refractivity contribution in [1.29, 1.82) is 0 Å². The van der Waals surface area contributed by atoms with Gasteiger partial charge in [-0.3, -0.25) is 9.59 Å². The van der Waals surface area contributed by atoms with Gasteiger partial charge in [0, 0.05) is 26.3 Å². The van der Waals surface area contributed by atoms with Crippen molar-refractivity contribution in [3.05, 3.63) is 0 Å². The van der Waals surface area contributed by atoms with E-state index in [0.29, 0.717) is 12.3 Å². The lowest BCUT2D eigenvalue weighted by Crippen LogP contribution is -2.34. The standard InChI is InChI=1S/C14H25NO6/c1-5-13(18)20-10(4)21-14(19)15-8-11(6-9(2)3)7-12(16)17/h9-11H,5-8H2,1-4H3,(H,15,19)(H,16,17). The molecule has 0 radical (unpaired) electrons. The molecule has 0 rings (SSSR count). The SMILES string of the molecule is CCC(=O)OC(C)OC(=O)NCC(CC(=O)O)CC(C)C. The number of aliphatic carboxylic acids is 1. The van der Waals surface area contributed by atoms with Crippen LogP contribution in [0.25, 0.3) is 0 Å². The summed E-state index contributed by atoms with van der Waals surface area (Å²) in [5, 5.41) is 11.3. The molecule has 0 saturated carbocycles. The zero-order valence-electron chi connectivity index (χ0n) is 13.0. The van der Waals surface area contributed by atoms with Crippen LogP contribution in [0.15, 0.2) is 0 Å². The van der Waals surface area contributed by atoms with Gasteiger partial charge in [0.2, 0.25) is 6.29 Å². The van der Waals surface area contributed by atoms with Gasteiger partial charge in [0.15, 0.2) is 0 Å². The zero-order chi connectivity index (χ0) is 16.4. The number of carboxylic acid groups (broad SMARTS) is 1. The summed E-state index contributed by atoms with van der Waals surface area (Å²) in [6, 6.07) is 0. The van der Waals surface area contributed by atoms with Crippen molar-refractivity contribution in [1.82, 2.24) is 5.32 Å². The van der Waals surface area contributed by atoms with Crippen LogP contribution in [0.2, 0.25) is 0 Å². The number of amides is 1. The molecule has 122 valence electrons. The van der Waals surface area contributed by atoms with E-state index in [1.165, 1.54) is 6.92 Å². The van der Waals surface area contributed by atoms with Crippen LogP contribution in [0.4, 0.5) is 4.79 Å². The molecule has 0 aromatic heterocycles. The Kier molecular flexibility index (Phi) is 9.16. The van der Waals surface area contributed by atoms with Gasteiger partial charge in [-0.25, -0.2) is 4.79 Å². The maximum atomic E-state index is 11.5. The lowest BCUT2D eigenvalue weighted by molar-refractivity contribution is -0.164. The Labute approximate surface area is 125 Å². The van der Waals surface area contributed by atoms with Crippen LogP contribution < -0.4 is 5.32 Å². The molecule has 7 heteroatoms. The summed E-state index contributed by atoms with van der Waals surface area (Å²) < 4.78 is 9.63. The van der Waals surface area contributed by atoms with Crippen LogP contribution in [0.1, 0.15) is 47.0 Å². The third kappa shape index (κ3) is 10.6. The normalized spacial score (nSPS) is 13.4. The van der Waals surface area contributed by atoms with Crippen LogP contribution in [0.3, 0.4) is 0 Å². The number of carbonyl (C=O) groups is 3. The molecule has 0 aliphatic heterocycles. The zero-order valence-corrected chi connectivity index (χ0v) is 13.0. The van der Waals surface area contributed by atoms with Crippen molar-refractivity contribution >= 4 is 18.0 Å². The van der Waals surface area contributed by atoms with E-state index in [9.17, 15) is 14.4 Å². The van der Waals surface area contributed by atoms with Crippen LogP contribution in [0, 0.1) is 11.8 Å². The first kappa shape index (κ1) is 19.2. The first-order chi connectivity index (χ1) is 9.74. The number of carboxylic acids is 1. The summed E-state index contributed by atoms with van der Waals surface area (Å²) in [5.41, 5.74) is 0. The molecule has 7 nitrogen and oxygen atoms in total. The molecule has 0 aromatic rings. The number of alkyl carbamates (subject to hydrolysis) is 1. The molecule has 0 aliphatic rings. The number of hydrogen-bond donors (Lipinski definition) is 2. The predicted molar refractivity (Wildman–Crippen MR) is 75.5 cm³/mol. The van der Waals surface area contributed by atoms with Crippen molar-refractivity contribution in [2.24, 2.45) is 11.8 Å². The lowest BCUT2D eigenvalue weighted by atomic mass is 9.94. The Morgan fingerprint density at radius 2 is 1.76 bits per heavy atom. The van der Waals surface area contributed by atoms with E-state index >= 15 is 0 Å². The van der Waals surface area contributed by atoms with Gasteiger partial charge in [0.05, 0.1) is 0 Å². The molecule has 0 aromatic carbocycles. The molecule has 2 atom stereocenters. The Morgan fingerprint density at radius 3 is 2.24 bits per heavy atom. The molecule has 2 N–H and O–H groups in total. The van der Waals surface area contributed by atoms with Gasteiger partial charge in [0.1, 0.15) is 0 Å². The fraction of sp³-hybridized carbons (Fsp3) is 0.786. The summed E-state index contributed by atoms with van der Waals surface area (Å²) in [7, 11) is 0. The first-order valence-electron chi connectivity index (χ1n) is 7.10. The first-order valence-corrected chi connectivity index (χ1v) is 7.10. The maximum absolute atomic E-state index is 11.5. The third-order valence-electron chi connectivity index (χ3n) is 2.66. The Balaban J connectivity index is 4.17. The second-order valence-corrected chi connectivity index (χ2v) is 5.29. The van der Waals surface area contributed by atoms with Gasteiger partial charge in [-0.15, -0.1) is 0 Å². The molecular formula is C14H25NO6.